The van der Waals surface area contributed by atoms with Crippen LogP contribution in [0.4, 0.5) is 0 Å². The molecule has 12 heavy (non-hydrogen) atoms. The Morgan fingerprint density at radius 3 is 2.42 bits per heavy atom. The van der Waals surface area contributed by atoms with Gasteiger partial charge in [-0.15, -0.1) is 11.6 Å². The molecule has 0 amide bonds. The second-order valence-electron chi connectivity index (χ2n) is 3.06. The van der Waals surface area contributed by atoms with E-state index in [-0.39, 0.29) is 6.10 Å². The van der Waals surface area contributed by atoms with E-state index in [9.17, 15) is 0 Å². The van der Waals surface area contributed by atoms with E-state index < -0.39 is 0 Å². The van der Waals surface area contributed by atoms with Crippen LogP contribution in [0.25, 0.3) is 0 Å². The SMILES string of the molecule is CCOCC(C)OCC(C)CCl. The third kappa shape index (κ3) is 6.89. The summed E-state index contributed by atoms with van der Waals surface area (Å²) in [5.74, 6) is 1.08. The van der Waals surface area contributed by atoms with Gasteiger partial charge in [0.15, 0.2) is 0 Å². The van der Waals surface area contributed by atoms with Crippen molar-refractivity contribution in [3.63, 3.8) is 0 Å². The Hall–Kier alpha value is 0.210. The predicted molar refractivity (Wildman–Crippen MR) is 51.8 cm³/mol. The second-order valence-corrected chi connectivity index (χ2v) is 3.37. The maximum Gasteiger partial charge on any atom is 0.0780 e. The second kappa shape index (κ2) is 7.84. The Kier molecular flexibility index (Phi) is 7.98. The van der Waals surface area contributed by atoms with Crippen LogP contribution in [0.5, 0.6) is 0 Å². The third-order valence-electron chi connectivity index (χ3n) is 1.49. The van der Waals surface area contributed by atoms with E-state index in [1.54, 1.807) is 0 Å². The third-order valence-corrected chi connectivity index (χ3v) is 2.01. The van der Waals surface area contributed by atoms with E-state index >= 15 is 0 Å². The smallest absolute Gasteiger partial charge is 0.0780 e. The molecule has 0 aliphatic carbocycles. The Morgan fingerprint density at radius 2 is 1.92 bits per heavy atom. The highest BCUT2D eigenvalue weighted by atomic mass is 35.5. The molecule has 3 heteroatoms. The molecular weight excluding hydrogens is 176 g/mol. The van der Waals surface area contributed by atoms with E-state index in [0.717, 1.165) is 13.2 Å². The molecule has 0 aromatic heterocycles. The van der Waals surface area contributed by atoms with E-state index in [0.29, 0.717) is 18.4 Å². The van der Waals surface area contributed by atoms with Crippen molar-refractivity contribution in [3.8, 4) is 0 Å². The highest BCUT2D eigenvalue weighted by molar-refractivity contribution is 6.18. The van der Waals surface area contributed by atoms with Crippen LogP contribution in [0.1, 0.15) is 20.8 Å². The summed E-state index contributed by atoms with van der Waals surface area (Å²) in [6.45, 7) is 8.20. The minimum atomic E-state index is 0.176. The average Bonchev–Trinajstić information content (AvgIpc) is 2.10. The Balaban J connectivity index is 3.24. The summed E-state index contributed by atoms with van der Waals surface area (Å²) in [5, 5.41) is 0. The first kappa shape index (κ1) is 12.2. The Bertz CT molecular complexity index is 98.5. The highest BCUT2D eigenvalue weighted by Crippen LogP contribution is 2.01. The zero-order valence-corrected chi connectivity index (χ0v) is 8.93. The van der Waals surface area contributed by atoms with Gasteiger partial charge in [-0.2, -0.15) is 0 Å². The Morgan fingerprint density at radius 1 is 1.25 bits per heavy atom. The molecule has 0 saturated heterocycles. The number of alkyl halides is 1. The molecule has 2 unspecified atom stereocenters. The van der Waals surface area contributed by atoms with Gasteiger partial charge in [-0.1, -0.05) is 6.92 Å². The normalized spacial score (nSPS) is 16.0. The summed E-state index contributed by atoms with van der Waals surface area (Å²) in [5.41, 5.74) is 0. The van der Waals surface area contributed by atoms with Crippen LogP contribution in [0.2, 0.25) is 0 Å². The minimum absolute atomic E-state index is 0.176. The molecule has 0 N–H and O–H groups in total. The van der Waals surface area contributed by atoms with Gasteiger partial charge in [0.1, 0.15) is 0 Å². The number of hydrogen-bond donors (Lipinski definition) is 0. The maximum atomic E-state index is 5.63. The lowest BCUT2D eigenvalue weighted by molar-refractivity contribution is -0.0127. The maximum absolute atomic E-state index is 5.63. The van der Waals surface area contributed by atoms with Gasteiger partial charge in [0.2, 0.25) is 0 Å². The van der Waals surface area contributed by atoms with E-state index in [1.165, 1.54) is 0 Å². The summed E-state index contributed by atoms with van der Waals surface area (Å²) < 4.78 is 10.7. The molecule has 0 heterocycles. The van der Waals surface area contributed by atoms with Crippen LogP contribution in [0.3, 0.4) is 0 Å². The molecule has 0 spiro atoms. The fourth-order valence-electron chi connectivity index (χ4n) is 0.705. The van der Waals surface area contributed by atoms with Gasteiger partial charge in [-0.3, -0.25) is 0 Å². The van der Waals surface area contributed by atoms with Gasteiger partial charge in [0, 0.05) is 12.5 Å². The largest absolute Gasteiger partial charge is 0.379 e. The Labute approximate surface area is 80.2 Å². The zero-order valence-electron chi connectivity index (χ0n) is 8.18. The van der Waals surface area contributed by atoms with E-state index in [4.69, 9.17) is 21.1 Å². The lowest BCUT2D eigenvalue weighted by Crippen LogP contribution is -2.19. The summed E-state index contributed by atoms with van der Waals surface area (Å²) in [4.78, 5) is 0. The van der Waals surface area contributed by atoms with Crippen LogP contribution in [-0.4, -0.2) is 31.8 Å². The summed E-state index contributed by atoms with van der Waals surface area (Å²) in [6, 6.07) is 0. The zero-order chi connectivity index (χ0) is 9.40. The van der Waals surface area contributed by atoms with Crippen LogP contribution >= 0.6 is 11.6 Å². The molecule has 0 aromatic carbocycles. The van der Waals surface area contributed by atoms with Crippen LogP contribution < -0.4 is 0 Å². The molecule has 0 aliphatic heterocycles. The average molecular weight is 195 g/mol. The molecule has 0 aliphatic rings. The first-order valence-corrected chi connectivity index (χ1v) is 4.99. The van der Waals surface area contributed by atoms with Crippen molar-refractivity contribution in [1.29, 1.82) is 0 Å². The first-order valence-electron chi connectivity index (χ1n) is 4.46. The number of halogens is 1. The van der Waals surface area contributed by atoms with Crippen molar-refractivity contribution in [1.82, 2.24) is 0 Å². The van der Waals surface area contributed by atoms with Crippen molar-refractivity contribution in [2.75, 3.05) is 25.7 Å². The molecule has 0 bridgehead atoms. The van der Waals surface area contributed by atoms with E-state index in [2.05, 4.69) is 6.92 Å². The molecule has 0 saturated carbocycles. The van der Waals surface area contributed by atoms with Crippen molar-refractivity contribution in [2.45, 2.75) is 26.9 Å². The fourth-order valence-corrected chi connectivity index (χ4v) is 0.794. The number of hydrogen-bond acceptors (Lipinski definition) is 2. The lowest BCUT2D eigenvalue weighted by atomic mass is 10.2. The molecule has 0 fully saturated rings. The summed E-state index contributed by atoms with van der Waals surface area (Å²) in [6.07, 6.45) is 0.176. The van der Waals surface area contributed by atoms with Gasteiger partial charge in [-0.25, -0.2) is 0 Å². The lowest BCUT2D eigenvalue weighted by Gasteiger charge is -2.15. The molecule has 0 radical (unpaired) electrons. The van der Waals surface area contributed by atoms with Gasteiger partial charge < -0.3 is 9.47 Å². The van der Waals surface area contributed by atoms with Crippen molar-refractivity contribution in [2.24, 2.45) is 5.92 Å². The van der Waals surface area contributed by atoms with Crippen molar-refractivity contribution in [3.05, 3.63) is 0 Å². The van der Waals surface area contributed by atoms with Gasteiger partial charge in [-0.05, 0) is 19.8 Å². The molecule has 2 atom stereocenters. The molecule has 2 nitrogen and oxygen atoms in total. The van der Waals surface area contributed by atoms with E-state index in [1.807, 2.05) is 13.8 Å². The fraction of sp³-hybridized carbons (Fsp3) is 1.00. The quantitative estimate of drug-likeness (QED) is 0.579. The van der Waals surface area contributed by atoms with Crippen LogP contribution in [-0.2, 0) is 9.47 Å². The predicted octanol–water partition coefficient (Wildman–Crippen LogP) is 2.30. The summed E-state index contributed by atoms with van der Waals surface area (Å²) in [7, 11) is 0. The topological polar surface area (TPSA) is 18.5 Å². The molecule has 0 rings (SSSR count). The molecular formula is C9H19ClO2. The van der Waals surface area contributed by atoms with Gasteiger partial charge >= 0.3 is 0 Å². The molecule has 74 valence electrons. The molecule has 0 aromatic rings. The van der Waals surface area contributed by atoms with Crippen LogP contribution in [0, 0.1) is 5.92 Å². The highest BCUT2D eigenvalue weighted by Gasteiger charge is 2.05. The number of ether oxygens (including phenoxy) is 2. The monoisotopic (exact) mass is 194 g/mol. The first-order chi connectivity index (χ1) is 5.70. The standard InChI is InChI=1S/C9H19ClO2/c1-4-11-7-9(3)12-6-8(2)5-10/h8-9H,4-7H2,1-3H3. The minimum Gasteiger partial charge on any atom is -0.379 e. The van der Waals surface area contributed by atoms with Gasteiger partial charge in [0.05, 0.1) is 19.3 Å². The van der Waals surface area contributed by atoms with Gasteiger partial charge in [0.25, 0.3) is 0 Å². The number of rotatable bonds is 7. The van der Waals surface area contributed by atoms with Crippen molar-refractivity contribution >= 4 is 11.6 Å². The van der Waals surface area contributed by atoms with Crippen LogP contribution in [0.15, 0.2) is 0 Å². The summed E-state index contributed by atoms with van der Waals surface area (Å²) >= 11 is 5.63. The van der Waals surface area contributed by atoms with Crippen molar-refractivity contribution < 1.29 is 9.47 Å².